The van der Waals surface area contributed by atoms with Crippen molar-refractivity contribution in [3.05, 3.63) is 46.2 Å². The molecule has 0 aliphatic heterocycles. The minimum atomic E-state index is -0.214. The summed E-state index contributed by atoms with van der Waals surface area (Å²) in [6.45, 7) is 3.68. The van der Waals surface area contributed by atoms with E-state index in [2.05, 4.69) is 25.9 Å². The van der Waals surface area contributed by atoms with Crippen molar-refractivity contribution in [1.29, 1.82) is 0 Å². The van der Waals surface area contributed by atoms with Gasteiger partial charge in [-0.25, -0.2) is 9.37 Å². The van der Waals surface area contributed by atoms with Crippen molar-refractivity contribution in [2.75, 3.05) is 32.4 Å². The summed E-state index contributed by atoms with van der Waals surface area (Å²) in [6.07, 6.45) is 0.949. The summed E-state index contributed by atoms with van der Waals surface area (Å²) in [5.74, 6) is 1.32. The first-order chi connectivity index (χ1) is 13.1. The lowest BCUT2D eigenvalue weighted by molar-refractivity contribution is 0.0957. The zero-order valence-electron chi connectivity index (χ0n) is 15.8. The van der Waals surface area contributed by atoms with Crippen LogP contribution in [-0.4, -0.2) is 49.3 Å². The molecule has 0 saturated heterocycles. The molecule has 3 N–H and O–H groups in total. The number of aryl methyl sites for hydroxylation is 1. The SMILES string of the molecule is CN=C(NCCCSc1ccc(F)cc1)NCCNC(=O)c1scnc1C.I. The number of guanidine groups is 1. The number of benzene rings is 1. The zero-order chi connectivity index (χ0) is 19.5. The number of nitrogens with one attached hydrogen (secondary N) is 3. The molecule has 6 nitrogen and oxygen atoms in total. The fraction of sp³-hybridized carbons (Fsp3) is 0.389. The summed E-state index contributed by atoms with van der Waals surface area (Å²) < 4.78 is 12.9. The Morgan fingerprint density at radius 1 is 1.18 bits per heavy atom. The molecule has 0 radical (unpaired) electrons. The number of aliphatic imine (C=N–C) groups is 1. The van der Waals surface area contributed by atoms with Crippen molar-refractivity contribution in [2.24, 2.45) is 4.99 Å². The van der Waals surface area contributed by atoms with E-state index < -0.39 is 0 Å². The second-order valence-electron chi connectivity index (χ2n) is 5.60. The molecule has 1 aromatic carbocycles. The van der Waals surface area contributed by atoms with Gasteiger partial charge in [0.2, 0.25) is 0 Å². The van der Waals surface area contributed by atoms with Gasteiger partial charge in [0, 0.05) is 31.6 Å². The van der Waals surface area contributed by atoms with Gasteiger partial charge in [0.05, 0.1) is 11.2 Å². The van der Waals surface area contributed by atoms with E-state index in [9.17, 15) is 9.18 Å². The fourth-order valence-corrected chi connectivity index (χ4v) is 3.75. The highest BCUT2D eigenvalue weighted by Gasteiger charge is 2.10. The minimum Gasteiger partial charge on any atom is -0.356 e. The lowest BCUT2D eigenvalue weighted by Gasteiger charge is -2.12. The van der Waals surface area contributed by atoms with Crippen molar-refractivity contribution in [2.45, 2.75) is 18.2 Å². The van der Waals surface area contributed by atoms with Gasteiger partial charge in [-0.3, -0.25) is 9.79 Å². The van der Waals surface area contributed by atoms with Crippen LogP contribution in [0, 0.1) is 12.7 Å². The van der Waals surface area contributed by atoms with E-state index in [0.717, 1.165) is 29.3 Å². The van der Waals surface area contributed by atoms with Crippen molar-refractivity contribution < 1.29 is 9.18 Å². The van der Waals surface area contributed by atoms with Crippen molar-refractivity contribution in [1.82, 2.24) is 20.9 Å². The van der Waals surface area contributed by atoms with E-state index >= 15 is 0 Å². The average Bonchev–Trinajstić information content (AvgIpc) is 3.10. The van der Waals surface area contributed by atoms with Gasteiger partial charge in [-0.1, -0.05) is 0 Å². The van der Waals surface area contributed by atoms with Crippen LogP contribution in [-0.2, 0) is 0 Å². The van der Waals surface area contributed by atoms with E-state index in [1.165, 1.54) is 23.5 Å². The summed E-state index contributed by atoms with van der Waals surface area (Å²) in [5, 5.41) is 9.26. The maximum absolute atomic E-state index is 12.9. The molecule has 28 heavy (non-hydrogen) atoms. The van der Waals surface area contributed by atoms with E-state index in [0.29, 0.717) is 23.9 Å². The molecular weight excluding hydrogens is 512 g/mol. The molecule has 0 unspecified atom stereocenters. The average molecular weight is 537 g/mol. The van der Waals surface area contributed by atoms with Gasteiger partial charge in [-0.2, -0.15) is 0 Å². The van der Waals surface area contributed by atoms with Gasteiger partial charge in [0.25, 0.3) is 5.91 Å². The number of carbonyl (C=O) groups is 1. The largest absolute Gasteiger partial charge is 0.356 e. The normalized spacial score (nSPS) is 10.9. The molecule has 0 fully saturated rings. The molecule has 1 aromatic heterocycles. The standard InChI is InChI=1S/C18H24FN5OS2.HI/c1-13-16(27-12-24-13)17(25)21-9-10-23-18(20-2)22-8-3-11-26-15-6-4-14(19)5-7-15;/h4-7,12H,3,8-11H2,1-2H3,(H,21,25)(H2,20,22,23);1H. The number of carbonyl (C=O) groups excluding carboxylic acids is 1. The van der Waals surface area contributed by atoms with Crippen molar-refractivity contribution >= 4 is 58.9 Å². The maximum Gasteiger partial charge on any atom is 0.263 e. The van der Waals surface area contributed by atoms with Crippen LogP contribution < -0.4 is 16.0 Å². The smallest absolute Gasteiger partial charge is 0.263 e. The van der Waals surface area contributed by atoms with Crippen LogP contribution in [0.25, 0.3) is 0 Å². The minimum absolute atomic E-state index is 0. The molecule has 2 rings (SSSR count). The van der Waals surface area contributed by atoms with Gasteiger partial charge in [0.1, 0.15) is 10.7 Å². The molecule has 0 aliphatic rings. The number of hydrogen-bond donors (Lipinski definition) is 3. The first-order valence-electron chi connectivity index (χ1n) is 8.61. The lowest BCUT2D eigenvalue weighted by atomic mass is 10.4. The van der Waals surface area contributed by atoms with Crippen LogP contribution in [0.5, 0.6) is 0 Å². The zero-order valence-corrected chi connectivity index (χ0v) is 19.8. The number of nitrogens with zero attached hydrogens (tertiary/aromatic N) is 2. The van der Waals surface area contributed by atoms with E-state index in [1.807, 2.05) is 6.92 Å². The van der Waals surface area contributed by atoms with Crippen LogP contribution in [0.4, 0.5) is 4.39 Å². The van der Waals surface area contributed by atoms with Gasteiger partial charge in [-0.05, 0) is 43.4 Å². The Morgan fingerprint density at radius 2 is 1.86 bits per heavy atom. The molecular formula is C18H25FIN5OS2. The molecule has 1 heterocycles. The molecule has 0 aliphatic carbocycles. The number of thiazole rings is 1. The third kappa shape index (κ3) is 8.74. The summed E-state index contributed by atoms with van der Waals surface area (Å²) in [7, 11) is 1.71. The van der Waals surface area contributed by atoms with Crippen LogP contribution >= 0.6 is 47.1 Å². The topological polar surface area (TPSA) is 78.4 Å². The quantitative estimate of drug-likeness (QED) is 0.151. The number of hydrogen-bond acceptors (Lipinski definition) is 5. The summed E-state index contributed by atoms with van der Waals surface area (Å²) in [5.41, 5.74) is 2.42. The monoisotopic (exact) mass is 537 g/mol. The maximum atomic E-state index is 12.9. The Balaban J connectivity index is 0.00000392. The summed E-state index contributed by atoms with van der Waals surface area (Å²) in [4.78, 5) is 21.9. The first-order valence-corrected chi connectivity index (χ1v) is 10.5. The predicted molar refractivity (Wildman–Crippen MR) is 126 cm³/mol. The number of thioether (sulfide) groups is 1. The Kier molecular flexibility index (Phi) is 12.1. The van der Waals surface area contributed by atoms with Crippen LogP contribution in [0.3, 0.4) is 0 Å². The number of amides is 1. The van der Waals surface area contributed by atoms with Gasteiger partial charge in [0.15, 0.2) is 5.96 Å². The Hall–Kier alpha value is -1.40. The van der Waals surface area contributed by atoms with Gasteiger partial charge in [-0.15, -0.1) is 47.1 Å². The molecule has 2 aromatic rings. The van der Waals surface area contributed by atoms with Crippen LogP contribution in [0.15, 0.2) is 39.7 Å². The highest BCUT2D eigenvalue weighted by Crippen LogP contribution is 2.18. The number of rotatable bonds is 9. The molecule has 0 spiro atoms. The Bertz CT molecular complexity index is 755. The summed E-state index contributed by atoms with van der Waals surface area (Å²) >= 11 is 3.04. The first kappa shape index (κ1) is 24.6. The molecule has 0 bridgehead atoms. The van der Waals surface area contributed by atoms with E-state index in [4.69, 9.17) is 0 Å². The van der Waals surface area contributed by atoms with Crippen LogP contribution in [0.1, 0.15) is 21.8 Å². The van der Waals surface area contributed by atoms with Gasteiger partial charge < -0.3 is 16.0 Å². The Morgan fingerprint density at radius 3 is 2.50 bits per heavy atom. The third-order valence-corrected chi connectivity index (χ3v) is 5.60. The highest BCUT2D eigenvalue weighted by atomic mass is 127. The van der Waals surface area contributed by atoms with E-state index in [1.54, 1.807) is 36.5 Å². The highest BCUT2D eigenvalue weighted by molar-refractivity contribution is 14.0. The van der Waals surface area contributed by atoms with E-state index in [-0.39, 0.29) is 35.7 Å². The molecule has 1 amide bonds. The molecule has 0 saturated carbocycles. The van der Waals surface area contributed by atoms with Crippen LogP contribution in [0.2, 0.25) is 0 Å². The third-order valence-electron chi connectivity index (χ3n) is 3.57. The lowest BCUT2D eigenvalue weighted by Crippen LogP contribution is -2.41. The van der Waals surface area contributed by atoms with Crippen molar-refractivity contribution in [3.8, 4) is 0 Å². The fourth-order valence-electron chi connectivity index (χ4n) is 2.18. The van der Waals surface area contributed by atoms with Crippen molar-refractivity contribution in [3.63, 3.8) is 0 Å². The number of aromatic nitrogens is 1. The van der Waals surface area contributed by atoms with Gasteiger partial charge >= 0.3 is 0 Å². The second-order valence-corrected chi connectivity index (χ2v) is 7.63. The predicted octanol–water partition coefficient (Wildman–Crippen LogP) is 3.29. The summed E-state index contributed by atoms with van der Waals surface area (Å²) in [6, 6.07) is 6.52. The second kappa shape index (κ2) is 13.7. The molecule has 10 heteroatoms. The molecule has 154 valence electrons. The Labute approximate surface area is 190 Å². The molecule has 0 atom stereocenters. The number of halogens is 2.